The predicted molar refractivity (Wildman–Crippen MR) is 78.5 cm³/mol. The molecule has 1 fully saturated rings. The van der Waals surface area contributed by atoms with Crippen molar-refractivity contribution < 1.29 is 4.79 Å². The van der Waals surface area contributed by atoms with Gasteiger partial charge >= 0.3 is 0 Å². The first-order valence-corrected chi connectivity index (χ1v) is 7.24. The molecule has 0 aliphatic carbocycles. The smallest absolute Gasteiger partial charge is 0.225 e. The van der Waals surface area contributed by atoms with E-state index in [0.29, 0.717) is 6.54 Å². The molecule has 0 spiro atoms. The normalized spacial score (nSPS) is 19.8. The second-order valence-electron chi connectivity index (χ2n) is 5.61. The molecule has 0 aromatic carbocycles. The van der Waals surface area contributed by atoms with Gasteiger partial charge in [0.25, 0.3) is 0 Å². The second-order valence-corrected chi connectivity index (χ2v) is 5.61. The van der Waals surface area contributed by atoms with Gasteiger partial charge in [0.2, 0.25) is 5.91 Å². The molecule has 0 aromatic heterocycles. The zero-order valence-electron chi connectivity index (χ0n) is 12.3. The van der Waals surface area contributed by atoms with Crippen molar-refractivity contribution in [3.8, 4) is 12.3 Å². The van der Waals surface area contributed by atoms with E-state index in [-0.39, 0.29) is 17.9 Å². The molecule has 1 heterocycles. The van der Waals surface area contributed by atoms with Crippen LogP contribution in [0.15, 0.2) is 0 Å². The highest BCUT2D eigenvalue weighted by molar-refractivity contribution is 5.78. The minimum absolute atomic E-state index is 0.109. The van der Waals surface area contributed by atoms with Crippen molar-refractivity contribution in [3.63, 3.8) is 0 Å². The van der Waals surface area contributed by atoms with Crippen LogP contribution in [0.5, 0.6) is 0 Å². The maximum Gasteiger partial charge on any atom is 0.225 e. The zero-order chi connectivity index (χ0) is 14.3. The highest BCUT2D eigenvalue weighted by Gasteiger charge is 2.24. The molecule has 0 radical (unpaired) electrons. The molecular weight excluding hydrogens is 238 g/mol. The summed E-state index contributed by atoms with van der Waals surface area (Å²) in [6.07, 6.45) is 8.26. The minimum Gasteiger partial charge on any atom is -0.340 e. The van der Waals surface area contributed by atoms with Gasteiger partial charge < -0.3 is 10.6 Å². The first-order valence-electron chi connectivity index (χ1n) is 7.24. The van der Waals surface area contributed by atoms with E-state index in [1.54, 1.807) is 0 Å². The first-order chi connectivity index (χ1) is 9.04. The molecule has 19 heavy (non-hydrogen) atoms. The zero-order valence-corrected chi connectivity index (χ0v) is 12.3. The second kappa shape index (κ2) is 8.19. The summed E-state index contributed by atoms with van der Waals surface area (Å²) in [5.74, 6) is 3.04. The number of hydrogen-bond donors (Lipinski definition) is 1. The van der Waals surface area contributed by atoms with Crippen LogP contribution in [0.4, 0.5) is 0 Å². The molecule has 1 rings (SSSR count). The van der Waals surface area contributed by atoms with E-state index >= 15 is 0 Å². The summed E-state index contributed by atoms with van der Waals surface area (Å²) in [6.45, 7) is 8.11. The standard InChI is InChI=1S/C15H27N3O/c1-4-8-17-9-11-18(12-10-17)15(19)13(2)6-5-7-14(3)16/h1,13-14H,5-12,16H2,2-3H3. The van der Waals surface area contributed by atoms with E-state index in [0.717, 1.165) is 45.4 Å². The van der Waals surface area contributed by atoms with Crippen molar-refractivity contribution in [1.29, 1.82) is 0 Å². The summed E-state index contributed by atoms with van der Waals surface area (Å²) in [4.78, 5) is 16.5. The van der Waals surface area contributed by atoms with Crippen LogP contribution in [0.25, 0.3) is 0 Å². The Labute approximate surface area is 117 Å². The number of carbonyl (C=O) groups is 1. The number of rotatable bonds is 6. The third kappa shape index (κ3) is 5.63. The molecule has 1 amide bonds. The van der Waals surface area contributed by atoms with Crippen LogP contribution in [0.2, 0.25) is 0 Å². The van der Waals surface area contributed by atoms with Crippen LogP contribution >= 0.6 is 0 Å². The van der Waals surface area contributed by atoms with Gasteiger partial charge in [-0.1, -0.05) is 19.3 Å². The lowest BCUT2D eigenvalue weighted by molar-refractivity contribution is -0.136. The number of hydrogen-bond acceptors (Lipinski definition) is 3. The molecule has 1 saturated heterocycles. The summed E-state index contributed by atoms with van der Waals surface area (Å²) in [5.41, 5.74) is 5.72. The van der Waals surface area contributed by atoms with Gasteiger partial charge in [0.05, 0.1) is 6.54 Å². The Morgan fingerprint density at radius 3 is 2.42 bits per heavy atom. The Morgan fingerprint density at radius 1 is 1.26 bits per heavy atom. The van der Waals surface area contributed by atoms with Crippen LogP contribution in [0, 0.1) is 18.3 Å². The van der Waals surface area contributed by atoms with Crippen molar-refractivity contribution in [3.05, 3.63) is 0 Å². The van der Waals surface area contributed by atoms with Crippen LogP contribution in [-0.2, 0) is 4.79 Å². The monoisotopic (exact) mass is 265 g/mol. The van der Waals surface area contributed by atoms with Gasteiger partial charge in [-0.05, 0) is 19.8 Å². The molecule has 0 aromatic rings. The average molecular weight is 265 g/mol. The first kappa shape index (κ1) is 16.0. The van der Waals surface area contributed by atoms with Crippen LogP contribution in [-0.4, -0.2) is 54.5 Å². The van der Waals surface area contributed by atoms with Crippen LogP contribution in [0.3, 0.4) is 0 Å². The summed E-state index contributed by atoms with van der Waals surface area (Å²) >= 11 is 0. The third-order valence-corrected chi connectivity index (χ3v) is 3.72. The van der Waals surface area contributed by atoms with Gasteiger partial charge in [-0.3, -0.25) is 9.69 Å². The third-order valence-electron chi connectivity index (χ3n) is 3.72. The molecule has 2 N–H and O–H groups in total. The molecule has 0 saturated carbocycles. The molecule has 2 atom stereocenters. The van der Waals surface area contributed by atoms with Gasteiger partial charge in [-0.15, -0.1) is 6.42 Å². The summed E-state index contributed by atoms with van der Waals surface area (Å²) in [6, 6.07) is 0.231. The maximum absolute atomic E-state index is 12.3. The summed E-state index contributed by atoms with van der Waals surface area (Å²) < 4.78 is 0. The Morgan fingerprint density at radius 2 is 1.89 bits per heavy atom. The topological polar surface area (TPSA) is 49.6 Å². The van der Waals surface area contributed by atoms with Gasteiger partial charge in [0, 0.05) is 38.1 Å². The molecule has 4 heteroatoms. The van der Waals surface area contributed by atoms with Crippen molar-refractivity contribution in [2.45, 2.75) is 39.2 Å². The van der Waals surface area contributed by atoms with Gasteiger partial charge in [0.1, 0.15) is 0 Å². The Bertz CT molecular complexity index is 314. The molecule has 0 bridgehead atoms. The molecule has 108 valence electrons. The number of terminal acetylenes is 1. The molecule has 1 aliphatic rings. The highest BCUT2D eigenvalue weighted by atomic mass is 16.2. The lowest BCUT2D eigenvalue weighted by atomic mass is 10.0. The number of piperazine rings is 1. The van der Waals surface area contributed by atoms with E-state index < -0.39 is 0 Å². The fourth-order valence-electron chi connectivity index (χ4n) is 2.44. The van der Waals surface area contributed by atoms with Crippen molar-refractivity contribution >= 4 is 5.91 Å². The van der Waals surface area contributed by atoms with E-state index in [2.05, 4.69) is 10.8 Å². The average Bonchev–Trinajstić information content (AvgIpc) is 2.38. The number of carbonyl (C=O) groups excluding carboxylic acids is 1. The van der Waals surface area contributed by atoms with E-state index in [1.165, 1.54) is 0 Å². The van der Waals surface area contributed by atoms with Crippen molar-refractivity contribution in [2.24, 2.45) is 11.7 Å². The number of amides is 1. The lowest BCUT2D eigenvalue weighted by Gasteiger charge is -2.35. The minimum atomic E-state index is 0.109. The molecule has 2 unspecified atom stereocenters. The summed E-state index contributed by atoms with van der Waals surface area (Å²) in [5, 5.41) is 0. The maximum atomic E-state index is 12.3. The van der Waals surface area contributed by atoms with E-state index in [4.69, 9.17) is 12.2 Å². The summed E-state index contributed by atoms with van der Waals surface area (Å²) in [7, 11) is 0. The molecule has 1 aliphatic heterocycles. The number of nitrogens with zero attached hydrogens (tertiary/aromatic N) is 2. The lowest BCUT2D eigenvalue weighted by Crippen LogP contribution is -2.50. The SMILES string of the molecule is C#CCN1CCN(C(=O)C(C)CCCC(C)N)CC1. The quantitative estimate of drug-likeness (QED) is 0.727. The van der Waals surface area contributed by atoms with E-state index in [9.17, 15) is 4.79 Å². The number of nitrogens with two attached hydrogens (primary N) is 1. The molecular formula is C15H27N3O. The van der Waals surface area contributed by atoms with Crippen molar-refractivity contribution in [2.75, 3.05) is 32.7 Å². The fraction of sp³-hybridized carbons (Fsp3) is 0.800. The Kier molecular flexibility index (Phi) is 6.90. The highest BCUT2D eigenvalue weighted by Crippen LogP contribution is 2.14. The Hall–Kier alpha value is -1.05. The van der Waals surface area contributed by atoms with Gasteiger partial charge in [0.15, 0.2) is 0 Å². The predicted octanol–water partition coefficient (Wildman–Crippen LogP) is 0.917. The van der Waals surface area contributed by atoms with Gasteiger partial charge in [-0.2, -0.15) is 0 Å². The van der Waals surface area contributed by atoms with E-state index in [1.807, 2.05) is 18.7 Å². The fourth-order valence-corrected chi connectivity index (χ4v) is 2.44. The van der Waals surface area contributed by atoms with Crippen molar-refractivity contribution in [1.82, 2.24) is 9.80 Å². The molecule has 4 nitrogen and oxygen atoms in total. The van der Waals surface area contributed by atoms with Gasteiger partial charge in [-0.25, -0.2) is 0 Å². The largest absolute Gasteiger partial charge is 0.340 e. The van der Waals surface area contributed by atoms with Crippen LogP contribution < -0.4 is 5.73 Å². The van der Waals surface area contributed by atoms with Crippen LogP contribution in [0.1, 0.15) is 33.1 Å². The Balaban J connectivity index is 2.28.